The minimum absolute atomic E-state index is 0.0309. The monoisotopic (exact) mass is 288 g/mol. The van der Waals surface area contributed by atoms with Gasteiger partial charge in [0, 0.05) is 17.6 Å². The van der Waals surface area contributed by atoms with Crippen LogP contribution in [0, 0.1) is 6.92 Å². The van der Waals surface area contributed by atoms with Crippen LogP contribution in [0.3, 0.4) is 0 Å². The highest BCUT2D eigenvalue weighted by Gasteiger charge is 2.14. The quantitative estimate of drug-likeness (QED) is 0.652. The second-order valence-electron chi connectivity index (χ2n) is 4.62. The maximum atomic E-state index is 11.9. The lowest BCUT2D eigenvalue weighted by Gasteiger charge is -2.06. The molecule has 0 aliphatic heterocycles. The molecule has 2 rings (SSSR count). The molecule has 0 aliphatic rings. The number of rotatable bonds is 3. The Bertz CT molecular complexity index is 749. The van der Waals surface area contributed by atoms with Crippen LogP contribution in [0.1, 0.15) is 18.1 Å². The van der Waals surface area contributed by atoms with Crippen LogP contribution < -0.4 is 10.9 Å². The molecule has 110 valence electrons. The van der Waals surface area contributed by atoms with Gasteiger partial charge in [-0.1, -0.05) is 11.6 Å². The summed E-state index contributed by atoms with van der Waals surface area (Å²) in [5.74, 6) is -1.81. The Kier molecular flexibility index (Phi) is 4.37. The van der Waals surface area contributed by atoms with Crippen LogP contribution >= 0.6 is 0 Å². The summed E-state index contributed by atoms with van der Waals surface area (Å²) in [5.41, 5.74) is 1.88. The fourth-order valence-corrected chi connectivity index (χ4v) is 1.95. The van der Waals surface area contributed by atoms with Gasteiger partial charge in [-0.15, -0.1) is 0 Å². The van der Waals surface area contributed by atoms with E-state index in [0.29, 0.717) is 5.56 Å². The molecular formula is C15H16N2O4. The number of benzene rings is 1. The number of pyridine rings is 1. The zero-order valence-corrected chi connectivity index (χ0v) is 11.9. The van der Waals surface area contributed by atoms with Crippen LogP contribution in [0.4, 0.5) is 0 Å². The van der Waals surface area contributed by atoms with Gasteiger partial charge in [0.15, 0.2) is 0 Å². The number of nitrogens with one attached hydrogen (secondary N) is 2. The number of carbonyl (C=O) groups excluding carboxylic acids is 2. The molecule has 0 saturated heterocycles. The van der Waals surface area contributed by atoms with Crippen molar-refractivity contribution in [2.24, 2.45) is 0 Å². The van der Waals surface area contributed by atoms with Gasteiger partial charge in [-0.2, -0.15) is 0 Å². The average molecular weight is 288 g/mol. The molecule has 0 atom stereocenters. The van der Waals surface area contributed by atoms with Crippen molar-refractivity contribution in [2.45, 2.75) is 20.4 Å². The maximum absolute atomic E-state index is 11.9. The second kappa shape index (κ2) is 6.21. The van der Waals surface area contributed by atoms with Gasteiger partial charge in [0.1, 0.15) is 0 Å². The Balaban J connectivity index is 2.18. The molecule has 0 saturated carbocycles. The number of aromatic nitrogens is 1. The Labute approximate surface area is 121 Å². The van der Waals surface area contributed by atoms with Gasteiger partial charge < -0.3 is 15.0 Å². The van der Waals surface area contributed by atoms with E-state index in [1.54, 1.807) is 13.0 Å². The number of aromatic amines is 1. The first-order valence-corrected chi connectivity index (χ1v) is 6.58. The van der Waals surface area contributed by atoms with E-state index >= 15 is 0 Å². The lowest BCUT2D eigenvalue weighted by molar-refractivity contribution is -0.154. The summed E-state index contributed by atoms with van der Waals surface area (Å²) in [6, 6.07) is 7.36. The molecule has 2 N–H and O–H groups in total. The molecule has 1 aromatic heterocycles. The standard InChI is InChI=1S/C15H16N2O4/c1-3-21-15(20)14(19)16-8-11-7-10-6-9(2)4-5-12(10)17-13(11)18/h4-7H,3,8H2,1-2H3,(H,16,19)(H,17,18). The third-order valence-corrected chi connectivity index (χ3v) is 2.98. The van der Waals surface area contributed by atoms with E-state index in [2.05, 4.69) is 15.0 Å². The summed E-state index contributed by atoms with van der Waals surface area (Å²) < 4.78 is 4.57. The molecule has 2 aromatic rings. The number of amides is 1. The Morgan fingerprint density at radius 2 is 2.05 bits per heavy atom. The van der Waals surface area contributed by atoms with Crippen molar-refractivity contribution in [1.82, 2.24) is 10.3 Å². The average Bonchev–Trinajstić information content (AvgIpc) is 2.45. The Morgan fingerprint density at radius 1 is 1.29 bits per heavy atom. The SMILES string of the molecule is CCOC(=O)C(=O)NCc1cc2cc(C)ccc2[nH]c1=O. The summed E-state index contributed by atoms with van der Waals surface area (Å²) in [5, 5.41) is 3.24. The molecule has 0 bridgehead atoms. The molecule has 0 spiro atoms. The van der Waals surface area contributed by atoms with Crippen molar-refractivity contribution in [1.29, 1.82) is 0 Å². The number of fused-ring (bicyclic) bond motifs is 1. The normalized spacial score (nSPS) is 10.4. The molecule has 0 aliphatic carbocycles. The van der Waals surface area contributed by atoms with Crippen molar-refractivity contribution in [3.63, 3.8) is 0 Å². The number of hydrogen-bond acceptors (Lipinski definition) is 4. The first-order chi connectivity index (χ1) is 10.0. The molecule has 6 nitrogen and oxygen atoms in total. The predicted octanol–water partition coefficient (Wildman–Crippen LogP) is 1.02. The maximum Gasteiger partial charge on any atom is 0.396 e. The van der Waals surface area contributed by atoms with Gasteiger partial charge in [0.05, 0.1) is 6.61 Å². The van der Waals surface area contributed by atoms with Crippen molar-refractivity contribution >= 4 is 22.8 Å². The van der Waals surface area contributed by atoms with E-state index in [0.717, 1.165) is 16.5 Å². The second-order valence-corrected chi connectivity index (χ2v) is 4.62. The topological polar surface area (TPSA) is 88.3 Å². The molecule has 21 heavy (non-hydrogen) atoms. The predicted molar refractivity (Wildman–Crippen MR) is 77.8 cm³/mol. The van der Waals surface area contributed by atoms with Crippen LogP contribution in [0.2, 0.25) is 0 Å². The number of aryl methyl sites for hydroxylation is 1. The van der Waals surface area contributed by atoms with Gasteiger partial charge in [0.25, 0.3) is 5.56 Å². The zero-order valence-electron chi connectivity index (χ0n) is 11.9. The fraction of sp³-hybridized carbons (Fsp3) is 0.267. The molecule has 0 unspecified atom stereocenters. The highest BCUT2D eigenvalue weighted by molar-refractivity contribution is 6.32. The molecule has 1 aromatic carbocycles. The van der Waals surface area contributed by atoms with E-state index in [1.165, 1.54) is 0 Å². The van der Waals surface area contributed by atoms with Crippen LogP contribution in [-0.2, 0) is 20.9 Å². The van der Waals surface area contributed by atoms with Gasteiger partial charge in [-0.3, -0.25) is 9.59 Å². The Morgan fingerprint density at radius 3 is 2.76 bits per heavy atom. The summed E-state index contributed by atoms with van der Waals surface area (Å²) in [6.45, 7) is 3.66. The van der Waals surface area contributed by atoms with E-state index in [9.17, 15) is 14.4 Å². The number of carbonyl (C=O) groups is 2. The van der Waals surface area contributed by atoms with Crippen molar-refractivity contribution in [2.75, 3.05) is 6.61 Å². The minimum Gasteiger partial charge on any atom is -0.459 e. The lowest BCUT2D eigenvalue weighted by atomic mass is 10.1. The van der Waals surface area contributed by atoms with Crippen LogP contribution in [0.5, 0.6) is 0 Å². The Hall–Kier alpha value is -2.63. The third-order valence-electron chi connectivity index (χ3n) is 2.98. The van der Waals surface area contributed by atoms with Gasteiger partial charge in [-0.05, 0) is 37.4 Å². The number of H-pyrrole nitrogens is 1. The molecule has 0 radical (unpaired) electrons. The van der Waals surface area contributed by atoms with Crippen LogP contribution in [0.15, 0.2) is 29.1 Å². The van der Waals surface area contributed by atoms with Crippen molar-refractivity contribution < 1.29 is 14.3 Å². The minimum atomic E-state index is -0.953. The van der Waals surface area contributed by atoms with Gasteiger partial charge in [-0.25, -0.2) is 4.79 Å². The smallest absolute Gasteiger partial charge is 0.396 e. The van der Waals surface area contributed by atoms with Crippen LogP contribution in [0.25, 0.3) is 10.9 Å². The molecule has 0 fully saturated rings. The fourth-order valence-electron chi connectivity index (χ4n) is 1.95. The zero-order chi connectivity index (χ0) is 15.4. The largest absolute Gasteiger partial charge is 0.459 e. The van der Waals surface area contributed by atoms with Crippen LogP contribution in [-0.4, -0.2) is 23.5 Å². The highest BCUT2D eigenvalue weighted by atomic mass is 16.5. The van der Waals surface area contributed by atoms with Gasteiger partial charge >= 0.3 is 11.9 Å². The summed E-state index contributed by atoms with van der Waals surface area (Å²) >= 11 is 0. The van der Waals surface area contributed by atoms with Crippen molar-refractivity contribution in [3.05, 3.63) is 45.7 Å². The third kappa shape index (κ3) is 3.47. The molecule has 1 amide bonds. The highest BCUT2D eigenvalue weighted by Crippen LogP contribution is 2.13. The first-order valence-electron chi connectivity index (χ1n) is 6.58. The van der Waals surface area contributed by atoms with E-state index in [1.807, 2.05) is 25.1 Å². The van der Waals surface area contributed by atoms with Crippen molar-refractivity contribution in [3.8, 4) is 0 Å². The summed E-state index contributed by atoms with van der Waals surface area (Å²) in [7, 11) is 0. The molecular weight excluding hydrogens is 272 g/mol. The van der Waals surface area contributed by atoms with E-state index in [4.69, 9.17) is 0 Å². The van der Waals surface area contributed by atoms with E-state index < -0.39 is 11.9 Å². The van der Waals surface area contributed by atoms with E-state index in [-0.39, 0.29) is 18.7 Å². The molecule has 6 heteroatoms. The summed E-state index contributed by atoms with van der Waals surface area (Å²) in [4.78, 5) is 37.3. The number of esters is 1. The summed E-state index contributed by atoms with van der Waals surface area (Å²) in [6.07, 6.45) is 0. The number of hydrogen-bond donors (Lipinski definition) is 2. The molecule has 1 heterocycles. The first kappa shape index (κ1) is 14.8. The van der Waals surface area contributed by atoms with Gasteiger partial charge in [0.2, 0.25) is 0 Å². The lowest BCUT2D eigenvalue weighted by Crippen LogP contribution is -2.33. The number of ether oxygens (including phenoxy) is 1.